The van der Waals surface area contributed by atoms with E-state index in [1.54, 1.807) is 36.1 Å². The van der Waals surface area contributed by atoms with Gasteiger partial charge in [0.25, 0.3) is 5.91 Å². The minimum absolute atomic E-state index is 0.0154. The second kappa shape index (κ2) is 9.11. The Hall–Kier alpha value is -3.49. The van der Waals surface area contributed by atoms with Gasteiger partial charge in [-0.3, -0.25) is 4.79 Å². The van der Waals surface area contributed by atoms with Crippen molar-refractivity contribution in [2.24, 2.45) is 0 Å². The number of rotatable bonds is 6. The largest absolute Gasteiger partial charge is 0.487 e. The van der Waals surface area contributed by atoms with Gasteiger partial charge in [-0.05, 0) is 24.3 Å². The van der Waals surface area contributed by atoms with Crippen molar-refractivity contribution in [3.05, 3.63) is 71.4 Å². The normalized spacial score (nSPS) is 14.5. The maximum atomic E-state index is 13.8. The third-order valence-electron chi connectivity index (χ3n) is 4.96. The molecule has 3 aromatic rings. The Labute approximate surface area is 177 Å². The van der Waals surface area contributed by atoms with E-state index in [-0.39, 0.29) is 24.4 Å². The minimum Gasteiger partial charge on any atom is -0.487 e. The van der Waals surface area contributed by atoms with Crippen molar-refractivity contribution in [1.82, 2.24) is 15.0 Å². The van der Waals surface area contributed by atoms with Gasteiger partial charge in [-0.25, -0.2) is 8.78 Å². The number of piperidine rings is 1. The lowest BCUT2D eigenvalue weighted by molar-refractivity contribution is 0.0584. The van der Waals surface area contributed by atoms with Gasteiger partial charge in [-0.1, -0.05) is 17.3 Å². The number of amides is 1. The molecule has 1 saturated heterocycles. The molecule has 0 bridgehead atoms. The van der Waals surface area contributed by atoms with E-state index in [9.17, 15) is 13.6 Å². The van der Waals surface area contributed by atoms with Crippen LogP contribution in [0.4, 0.5) is 8.78 Å². The standard InChI is InChI=1S/C22H21F2N3O4/c1-14-25-21(26-31-14)13-29-19-5-3-2-4-17(19)22(28)27-10-8-16(9-11-27)30-20-7-6-15(23)12-18(20)24/h2-7,12,16H,8-11,13H2,1H3. The summed E-state index contributed by atoms with van der Waals surface area (Å²) in [7, 11) is 0. The molecule has 0 atom stereocenters. The monoisotopic (exact) mass is 429 g/mol. The smallest absolute Gasteiger partial charge is 0.257 e. The first-order valence-corrected chi connectivity index (χ1v) is 9.91. The average molecular weight is 429 g/mol. The lowest BCUT2D eigenvalue weighted by atomic mass is 10.1. The van der Waals surface area contributed by atoms with Crippen molar-refractivity contribution in [2.75, 3.05) is 13.1 Å². The number of hydrogen-bond donors (Lipinski definition) is 0. The Morgan fingerprint density at radius 3 is 2.65 bits per heavy atom. The molecule has 31 heavy (non-hydrogen) atoms. The van der Waals surface area contributed by atoms with Crippen LogP contribution in [-0.2, 0) is 6.61 Å². The van der Waals surface area contributed by atoms with Crippen LogP contribution < -0.4 is 9.47 Å². The Balaban J connectivity index is 1.36. The summed E-state index contributed by atoms with van der Waals surface area (Å²) in [5.41, 5.74) is 0.437. The number of likely N-dealkylation sites (tertiary alicyclic amines) is 1. The zero-order valence-electron chi connectivity index (χ0n) is 16.9. The number of aromatic nitrogens is 2. The van der Waals surface area contributed by atoms with Crippen molar-refractivity contribution >= 4 is 5.91 Å². The van der Waals surface area contributed by atoms with Crippen LogP contribution in [0.3, 0.4) is 0 Å². The van der Waals surface area contributed by atoms with E-state index in [4.69, 9.17) is 14.0 Å². The highest BCUT2D eigenvalue weighted by atomic mass is 19.1. The molecule has 9 heteroatoms. The van der Waals surface area contributed by atoms with Crippen molar-refractivity contribution in [2.45, 2.75) is 32.5 Å². The number of para-hydroxylation sites is 1. The highest BCUT2D eigenvalue weighted by Gasteiger charge is 2.27. The van der Waals surface area contributed by atoms with Crippen LogP contribution >= 0.6 is 0 Å². The number of ether oxygens (including phenoxy) is 2. The second-order valence-corrected chi connectivity index (χ2v) is 7.20. The fourth-order valence-electron chi connectivity index (χ4n) is 3.41. The van der Waals surface area contributed by atoms with Gasteiger partial charge >= 0.3 is 0 Å². The van der Waals surface area contributed by atoms with Gasteiger partial charge in [0, 0.05) is 38.9 Å². The molecule has 0 N–H and O–H groups in total. The molecule has 1 amide bonds. The molecule has 0 spiro atoms. The van der Waals surface area contributed by atoms with Crippen molar-refractivity contribution in [1.29, 1.82) is 0 Å². The molecule has 1 fully saturated rings. The molecule has 2 heterocycles. The molecule has 0 saturated carbocycles. The number of halogens is 2. The average Bonchev–Trinajstić information content (AvgIpc) is 3.19. The third-order valence-corrected chi connectivity index (χ3v) is 4.96. The van der Waals surface area contributed by atoms with Gasteiger partial charge in [0.2, 0.25) is 11.7 Å². The second-order valence-electron chi connectivity index (χ2n) is 7.20. The molecule has 0 aliphatic carbocycles. The summed E-state index contributed by atoms with van der Waals surface area (Å²) in [6.45, 7) is 2.67. The Kier molecular flexibility index (Phi) is 6.11. The number of aryl methyl sites for hydroxylation is 1. The molecular formula is C22H21F2N3O4. The Bertz CT molecular complexity index is 1060. The van der Waals surface area contributed by atoms with Gasteiger partial charge in [0.05, 0.1) is 5.56 Å². The number of nitrogens with zero attached hydrogens (tertiary/aromatic N) is 3. The van der Waals surface area contributed by atoms with Crippen molar-refractivity contribution < 1.29 is 27.6 Å². The predicted octanol–water partition coefficient (Wildman–Crippen LogP) is 3.92. The molecule has 1 aliphatic heterocycles. The van der Waals surface area contributed by atoms with E-state index < -0.39 is 11.6 Å². The first kappa shape index (κ1) is 20.8. The van der Waals surface area contributed by atoms with Gasteiger partial charge < -0.3 is 18.9 Å². The number of carbonyl (C=O) groups excluding carboxylic acids is 1. The van der Waals surface area contributed by atoms with Crippen LogP contribution in [0.5, 0.6) is 11.5 Å². The zero-order valence-corrected chi connectivity index (χ0v) is 16.9. The Morgan fingerprint density at radius 1 is 1.16 bits per heavy atom. The molecule has 0 unspecified atom stereocenters. The maximum Gasteiger partial charge on any atom is 0.257 e. The summed E-state index contributed by atoms with van der Waals surface area (Å²) < 4.78 is 43.2. The topological polar surface area (TPSA) is 77.7 Å². The van der Waals surface area contributed by atoms with E-state index in [2.05, 4.69) is 10.1 Å². The quantitative estimate of drug-likeness (QED) is 0.591. The number of carbonyl (C=O) groups is 1. The molecule has 0 radical (unpaired) electrons. The SMILES string of the molecule is Cc1nc(COc2ccccc2C(=O)N2CCC(Oc3ccc(F)cc3F)CC2)no1. The zero-order chi connectivity index (χ0) is 21.8. The maximum absolute atomic E-state index is 13.8. The van der Waals surface area contributed by atoms with Gasteiger partial charge in [-0.15, -0.1) is 0 Å². The number of hydrogen-bond acceptors (Lipinski definition) is 6. The van der Waals surface area contributed by atoms with E-state index >= 15 is 0 Å². The highest BCUT2D eigenvalue weighted by Crippen LogP contribution is 2.26. The van der Waals surface area contributed by atoms with E-state index in [1.807, 2.05) is 0 Å². The molecule has 7 nitrogen and oxygen atoms in total. The fraction of sp³-hybridized carbons (Fsp3) is 0.318. The summed E-state index contributed by atoms with van der Waals surface area (Å²) in [6, 6.07) is 10.2. The highest BCUT2D eigenvalue weighted by molar-refractivity contribution is 5.97. The Morgan fingerprint density at radius 2 is 1.94 bits per heavy atom. The lowest BCUT2D eigenvalue weighted by Crippen LogP contribution is -2.42. The van der Waals surface area contributed by atoms with E-state index in [1.165, 1.54) is 6.07 Å². The molecule has 162 valence electrons. The van der Waals surface area contributed by atoms with Gasteiger partial charge in [0.15, 0.2) is 18.2 Å². The van der Waals surface area contributed by atoms with Crippen LogP contribution in [0.2, 0.25) is 0 Å². The van der Waals surface area contributed by atoms with Crippen LogP contribution in [0, 0.1) is 18.6 Å². The van der Waals surface area contributed by atoms with Crippen molar-refractivity contribution in [3.8, 4) is 11.5 Å². The first-order chi connectivity index (χ1) is 15.0. The summed E-state index contributed by atoms with van der Waals surface area (Å²) in [5.74, 6) is -0.268. The van der Waals surface area contributed by atoms with Crippen LogP contribution in [-0.4, -0.2) is 40.1 Å². The minimum atomic E-state index is -0.735. The lowest BCUT2D eigenvalue weighted by Gasteiger charge is -2.32. The fourth-order valence-corrected chi connectivity index (χ4v) is 3.41. The molecule has 4 rings (SSSR count). The van der Waals surface area contributed by atoms with E-state index in [0.29, 0.717) is 49.0 Å². The van der Waals surface area contributed by atoms with Crippen LogP contribution in [0.15, 0.2) is 47.0 Å². The third kappa shape index (κ3) is 4.99. The van der Waals surface area contributed by atoms with E-state index in [0.717, 1.165) is 12.1 Å². The molecular weight excluding hydrogens is 408 g/mol. The van der Waals surface area contributed by atoms with Crippen LogP contribution in [0.1, 0.15) is 34.9 Å². The summed E-state index contributed by atoms with van der Waals surface area (Å²) >= 11 is 0. The summed E-state index contributed by atoms with van der Waals surface area (Å²) in [4.78, 5) is 18.8. The van der Waals surface area contributed by atoms with Crippen molar-refractivity contribution in [3.63, 3.8) is 0 Å². The first-order valence-electron chi connectivity index (χ1n) is 9.91. The van der Waals surface area contributed by atoms with Gasteiger partial charge in [-0.2, -0.15) is 4.98 Å². The molecule has 1 aliphatic rings. The molecule has 1 aromatic heterocycles. The summed E-state index contributed by atoms with van der Waals surface area (Å²) in [6.07, 6.45) is 0.818. The van der Waals surface area contributed by atoms with Gasteiger partial charge in [0.1, 0.15) is 17.7 Å². The number of benzene rings is 2. The predicted molar refractivity (Wildman–Crippen MR) is 106 cm³/mol. The van der Waals surface area contributed by atoms with Crippen LogP contribution in [0.25, 0.3) is 0 Å². The summed E-state index contributed by atoms with van der Waals surface area (Å²) in [5, 5.41) is 3.78. The molecule has 2 aromatic carbocycles.